The standard InChI is InChI=1S/C48H49NO/c1-15-48-13-22-11-20-9-17-6-16-7-19-8-18-10-21-12-25(26(48)14-49(15)23-2-4-24(50)5-3-23)34-39-30(21)29(18)36-31(19)35-27(16)28(17)37-32(20)38-33(22)47(48)46(34)45-43(38)41(37)40(35)42(36)44(39)45/h2-5,7,9,15-16,18,20,22,26-29,31-33,35-47,50H,6,8,10-14H2,1H3. The molecule has 12 fully saturated rings. The van der Waals surface area contributed by atoms with Crippen LogP contribution in [0.4, 0.5) is 5.69 Å². The summed E-state index contributed by atoms with van der Waals surface area (Å²) in [4.78, 5) is 2.91. The van der Waals surface area contributed by atoms with Gasteiger partial charge in [0.1, 0.15) is 5.75 Å². The van der Waals surface area contributed by atoms with Crippen molar-refractivity contribution >= 4 is 5.69 Å². The molecule has 1 spiro atoms. The van der Waals surface area contributed by atoms with Crippen LogP contribution in [-0.4, -0.2) is 17.7 Å². The Bertz CT molecular complexity index is 2130. The largest absolute Gasteiger partial charge is 0.508 e. The minimum atomic E-state index is 0.420. The summed E-state index contributed by atoms with van der Waals surface area (Å²) in [6, 6.07) is 9.09. The predicted octanol–water partition coefficient (Wildman–Crippen LogP) is 8.38. The second-order valence-electron chi connectivity index (χ2n) is 22.7. The van der Waals surface area contributed by atoms with E-state index in [-0.39, 0.29) is 0 Å². The van der Waals surface area contributed by atoms with Gasteiger partial charge in [0, 0.05) is 35.5 Å². The molecule has 18 rings (SSSR count). The Kier molecular flexibility index (Phi) is 3.46. The lowest BCUT2D eigenvalue weighted by Crippen LogP contribution is -2.60. The van der Waals surface area contributed by atoms with E-state index in [9.17, 15) is 5.11 Å². The van der Waals surface area contributed by atoms with Crippen molar-refractivity contribution < 1.29 is 5.11 Å². The van der Waals surface area contributed by atoms with Gasteiger partial charge in [0.05, 0.1) is 0 Å². The van der Waals surface area contributed by atoms with Crippen molar-refractivity contribution in [2.45, 2.75) is 51.5 Å². The highest BCUT2D eigenvalue weighted by Crippen LogP contribution is 2.92. The smallest absolute Gasteiger partial charge is 0.115 e. The molecule has 1 saturated heterocycles. The van der Waals surface area contributed by atoms with Gasteiger partial charge in [-0.15, -0.1) is 0 Å². The quantitative estimate of drug-likeness (QED) is 0.308. The Morgan fingerprint density at radius 2 is 1.40 bits per heavy atom. The van der Waals surface area contributed by atoms with Gasteiger partial charge in [-0.3, -0.25) is 0 Å². The molecule has 1 N–H and O–H groups in total. The van der Waals surface area contributed by atoms with E-state index >= 15 is 0 Å². The third kappa shape index (κ3) is 1.99. The number of allylic oxidation sites excluding steroid dienone is 7. The van der Waals surface area contributed by atoms with Crippen LogP contribution in [0, 0.1) is 147 Å². The second kappa shape index (κ2) is 6.95. The van der Waals surface area contributed by atoms with Crippen molar-refractivity contribution in [3.63, 3.8) is 0 Å². The summed E-state index contributed by atoms with van der Waals surface area (Å²) in [5.41, 5.74) is 14.5. The molecule has 26 unspecified atom stereocenters. The van der Waals surface area contributed by atoms with Gasteiger partial charge in [-0.2, -0.15) is 0 Å². The molecule has 50 heavy (non-hydrogen) atoms. The van der Waals surface area contributed by atoms with Crippen LogP contribution in [0.25, 0.3) is 0 Å². The van der Waals surface area contributed by atoms with E-state index < -0.39 is 0 Å². The SMILES string of the molecule is CC1N(c2ccc(O)cc2)CC2C3=C4C5C6=C(C3)CC3CC7=CC8CC9=CC%10CC%11CC21C1C4C2C5C4C(C63)C7C3C8C9C5C%10C(C2C5C34)C%111. The van der Waals surface area contributed by atoms with Crippen LogP contribution in [-0.2, 0) is 0 Å². The van der Waals surface area contributed by atoms with E-state index in [1.54, 1.807) is 12.8 Å². The first-order valence-corrected chi connectivity index (χ1v) is 22.0. The zero-order valence-electron chi connectivity index (χ0n) is 29.2. The van der Waals surface area contributed by atoms with E-state index in [1.165, 1.54) is 37.9 Å². The zero-order valence-corrected chi connectivity index (χ0v) is 29.2. The number of rotatable bonds is 1. The first-order chi connectivity index (χ1) is 24.6. The van der Waals surface area contributed by atoms with E-state index in [0.717, 1.165) is 142 Å². The minimum absolute atomic E-state index is 0.420. The molecular weight excluding hydrogens is 607 g/mol. The number of phenolic OH excluding ortho intramolecular Hbond substituents is 1. The summed E-state index contributed by atoms with van der Waals surface area (Å²) in [6.07, 6.45) is 15.1. The number of anilines is 1. The van der Waals surface area contributed by atoms with E-state index in [0.29, 0.717) is 17.2 Å². The number of hydrogen-bond donors (Lipinski definition) is 1. The Morgan fingerprint density at radius 1 is 0.660 bits per heavy atom. The zero-order chi connectivity index (χ0) is 31.3. The highest BCUT2D eigenvalue weighted by molar-refractivity contribution is 5.60. The minimum Gasteiger partial charge on any atom is -0.508 e. The van der Waals surface area contributed by atoms with E-state index in [4.69, 9.17) is 0 Å². The average Bonchev–Trinajstić information content (AvgIpc) is 3.96. The molecule has 11 saturated carbocycles. The van der Waals surface area contributed by atoms with Gasteiger partial charge < -0.3 is 10.0 Å². The third-order valence-electron chi connectivity index (χ3n) is 23.4. The molecule has 2 heteroatoms. The van der Waals surface area contributed by atoms with Crippen molar-refractivity contribution in [1.82, 2.24) is 0 Å². The number of aromatic hydroxyl groups is 1. The van der Waals surface area contributed by atoms with Crippen molar-refractivity contribution in [3.8, 4) is 5.75 Å². The first-order valence-electron chi connectivity index (χ1n) is 22.0. The lowest BCUT2D eigenvalue weighted by atomic mass is 9.42. The number of fused-ring (bicyclic) bond motifs is 1. The van der Waals surface area contributed by atoms with Gasteiger partial charge in [0.15, 0.2) is 0 Å². The average molecular weight is 656 g/mol. The molecule has 0 aromatic heterocycles. The molecule has 0 radical (unpaired) electrons. The highest BCUT2D eigenvalue weighted by Gasteiger charge is 2.87. The van der Waals surface area contributed by atoms with Gasteiger partial charge in [-0.25, -0.2) is 0 Å². The number of phenols is 1. The summed E-state index contributed by atoms with van der Waals surface area (Å²) in [5, 5.41) is 10.3. The molecule has 2 nitrogen and oxygen atoms in total. The summed E-state index contributed by atoms with van der Waals surface area (Å²) >= 11 is 0. The van der Waals surface area contributed by atoms with Gasteiger partial charge in [0.25, 0.3) is 0 Å². The van der Waals surface area contributed by atoms with Crippen molar-refractivity contribution in [2.24, 2.45) is 147 Å². The van der Waals surface area contributed by atoms with Gasteiger partial charge >= 0.3 is 0 Å². The first kappa shape index (κ1) is 24.9. The normalized spacial score (nSPS) is 68.3. The summed E-state index contributed by atoms with van der Waals surface area (Å²) in [7, 11) is 0. The van der Waals surface area contributed by atoms with Crippen molar-refractivity contribution in [3.05, 3.63) is 69.9 Å². The Hall–Kier alpha value is -2.22. The van der Waals surface area contributed by atoms with E-state index in [2.05, 4.69) is 58.4 Å². The highest BCUT2D eigenvalue weighted by atomic mass is 16.3. The van der Waals surface area contributed by atoms with Crippen molar-refractivity contribution in [1.29, 1.82) is 0 Å². The molecule has 0 amide bonds. The molecule has 252 valence electrons. The van der Waals surface area contributed by atoms with Gasteiger partial charge in [-0.05, 0) is 200 Å². The fourth-order valence-corrected chi connectivity index (χ4v) is 24.3. The van der Waals surface area contributed by atoms with E-state index in [1.807, 2.05) is 23.3 Å². The lowest BCUT2D eigenvalue weighted by Gasteiger charge is -2.62. The van der Waals surface area contributed by atoms with Crippen LogP contribution >= 0.6 is 0 Å². The van der Waals surface area contributed by atoms with Gasteiger partial charge in [0.2, 0.25) is 0 Å². The fourth-order valence-electron chi connectivity index (χ4n) is 24.3. The molecule has 0 bridgehead atoms. The monoisotopic (exact) mass is 655 g/mol. The number of benzene rings is 1. The molecule has 1 aromatic rings. The number of nitrogens with zero attached hydrogens (tertiary/aromatic N) is 1. The Balaban J connectivity index is 0.972. The van der Waals surface area contributed by atoms with Crippen molar-refractivity contribution in [2.75, 3.05) is 11.4 Å². The third-order valence-corrected chi connectivity index (χ3v) is 23.4. The van der Waals surface area contributed by atoms with Crippen LogP contribution in [0.5, 0.6) is 5.75 Å². The molecule has 1 heterocycles. The maximum Gasteiger partial charge on any atom is 0.115 e. The summed E-state index contributed by atoms with van der Waals surface area (Å²) in [5.74, 6) is 24.5. The van der Waals surface area contributed by atoms with Crippen LogP contribution in [0.2, 0.25) is 0 Å². The van der Waals surface area contributed by atoms with Gasteiger partial charge in [-0.1, -0.05) is 45.6 Å². The maximum atomic E-state index is 10.3. The van der Waals surface area contributed by atoms with Crippen LogP contribution in [0.3, 0.4) is 0 Å². The Morgan fingerprint density at radius 3 is 2.28 bits per heavy atom. The second-order valence-corrected chi connectivity index (χ2v) is 22.7. The predicted molar refractivity (Wildman–Crippen MR) is 189 cm³/mol. The topological polar surface area (TPSA) is 23.5 Å². The molecule has 16 aliphatic carbocycles. The fraction of sp³-hybridized carbons (Fsp3) is 0.708. The maximum absolute atomic E-state index is 10.3. The summed E-state index contributed by atoms with van der Waals surface area (Å²) in [6.45, 7) is 3.98. The summed E-state index contributed by atoms with van der Waals surface area (Å²) < 4.78 is 0. The molecular formula is C48H49NO. The molecule has 1 aromatic carbocycles. The molecule has 26 atom stereocenters. The van der Waals surface area contributed by atoms with Crippen LogP contribution in [0.15, 0.2) is 69.9 Å². The lowest BCUT2D eigenvalue weighted by molar-refractivity contribution is -0.144. The molecule has 1 aliphatic heterocycles. The van der Waals surface area contributed by atoms with Crippen LogP contribution in [0.1, 0.15) is 45.4 Å². The van der Waals surface area contributed by atoms with Crippen LogP contribution < -0.4 is 4.90 Å². The Labute approximate surface area is 295 Å². The number of hydrogen-bond acceptors (Lipinski definition) is 2. The molecule has 17 aliphatic rings.